The van der Waals surface area contributed by atoms with Gasteiger partial charge in [-0.2, -0.15) is 4.31 Å². The summed E-state index contributed by atoms with van der Waals surface area (Å²) in [6, 6.07) is 10.4. The molecular formula is C18H18ClN3O4S2. The van der Waals surface area contributed by atoms with E-state index in [1.165, 1.54) is 28.6 Å². The minimum atomic E-state index is -3.90. The van der Waals surface area contributed by atoms with Crippen molar-refractivity contribution in [2.45, 2.75) is 22.6 Å². The molecule has 1 aromatic heterocycles. The molecule has 0 atom stereocenters. The van der Waals surface area contributed by atoms with Crippen LogP contribution in [0.3, 0.4) is 0 Å². The molecule has 0 unspecified atom stereocenters. The van der Waals surface area contributed by atoms with Crippen LogP contribution >= 0.6 is 11.6 Å². The average molecular weight is 440 g/mol. The minimum Gasteiger partial charge on any atom is -0.358 e. The summed E-state index contributed by atoms with van der Waals surface area (Å²) in [4.78, 5) is 3.01. The highest BCUT2D eigenvalue weighted by molar-refractivity contribution is 7.92. The number of nitrogens with one attached hydrogen (secondary N) is 2. The van der Waals surface area contributed by atoms with Crippen LogP contribution in [-0.2, 0) is 20.0 Å². The first kappa shape index (κ1) is 19.3. The zero-order chi connectivity index (χ0) is 19.9. The van der Waals surface area contributed by atoms with E-state index in [-0.39, 0.29) is 9.79 Å². The zero-order valence-corrected chi connectivity index (χ0v) is 17.1. The molecule has 1 fully saturated rings. The SMILES string of the molecule is O=S(=O)(Nc1cccc2c(Cl)c[nH]c12)c1ccc(S(=O)(=O)N2CCCC2)cc1. The predicted octanol–water partition coefficient (Wildman–Crippen LogP) is 3.41. The van der Waals surface area contributed by atoms with Crippen molar-refractivity contribution in [2.24, 2.45) is 0 Å². The summed E-state index contributed by atoms with van der Waals surface area (Å²) in [5, 5.41) is 1.20. The Morgan fingerprint density at radius 3 is 2.25 bits per heavy atom. The van der Waals surface area contributed by atoms with Gasteiger partial charge in [-0.05, 0) is 43.2 Å². The van der Waals surface area contributed by atoms with Crippen molar-refractivity contribution in [3.05, 3.63) is 53.7 Å². The fraction of sp³-hybridized carbons (Fsp3) is 0.222. The summed E-state index contributed by atoms with van der Waals surface area (Å²) in [5.74, 6) is 0. The molecule has 28 heavy (non-hydrogen) atoms. The van der Waals surface area contributed by atoms with Crippen LogP contribution in [0.15, 0.2) is 58.5 Å². The van der Waals surface area contributed by atoms with Gasteiger partial charge in [-0.15, -0.1) is 0 Å². The highest BCUT2D eigenvalue weighted by atomic mass is 35.5. The molecule has 0 aliphatic carbocycles. The second-order valence-corrected chi connectivity index (χ2v) is 10.6. The molecule has 0 bridgehead atoms. The van der Waals surface area contributed by atoms with E-state index >= 15 is 0 Å². The van der Waals surface area contributed by atoms with Crippen LogP contribution in [0.4, 0.5) is 5.69 Å². The van der Waals surface area contributed by atoms with E-state index in [0.717, 1.165) is 12.8 Å². The normalized spacial score (nSPS) is 15.9. The lowest BCUT2D eigenvalue weighted by molar-refractivity contribution is 0.477. The molecule has 2 N–H and O–H groups in total. The van der Waals surface area contributed by atoms with Gasteiger partial charge in [0.2, 0.25) is 10.0 Å². The maximum atomic E-state index is 12.8. The summed E-state index contributed by atoms with van der Waals surface area (Å²) in [5.41, 5.74) is 0.933. The van der Waals surface area contributed by atoms with Crippen LogP contribution in [0.1, 0.15) is 12.8 Å². The number of hydrogen-bond acceptors (Lipinski definition) is 4. The second kappa shape index (κ2) is 7.07. The summed E-state index contributed by atoms with van der Waals surface area (Å²) < 4.78 is 54.6. The van der Waals surface area contributed by atoms with E-state index in [4.69, 9.17) is 11.6 Å². The van der Waals surface area contributed by atoms with Gasteiger partial charge in [-0.1, -0.05) is 23.7 Å². The van der Waals surface area contributed by atoms with Crippen molar-refractivity contribution in [3.8, 4) is 0 Å². The lowest BCUT2D eigenvalue weighted by Gasteiger charge is -2.16. The number of benzene rings is 2. The minimum absolute atomic E-state index is 0.0254. The molecule has 2 aromatic carbocycles. The number of H-pyrrole nitrogens is 1. The molecule has 10 heteroatoms. The van der Waals surface area contributed by atoms with Crippen molar-refractivity contribution >= 4 is 48.2 Å². The number of fused-ring (bicyclic) bond motifs is 1. The fourth-order valence-corrected chi connectivity index (χ4v) is 6.08. The summed E-state index contributed by atoms with van der Waals surface area (Å²) >= 11 is 6.08. The van der Waals surface area contributed by atoms with Gasteiger partial charge in [-0.25, -0.2) is 16.8 Å². The predicted molar refractivity (Wildman–Crippen MR) is 109 cm³/mol. The van der Waals surface area contributed by atoms with Crippen LogP contribution in [-0.4, -0.2) is 39.2 Å². The van der Waals surface area contributed by atoms with Crippen LogP contribution in [0, 0.1) is 0 Å². The lowest BCUT2D eigenvalue weighted by atomic mass is 10.2. The number of rotatable bonds is 5. The Hall–Kier alpha value is -2.07. The third-order valence-electron chi connectivity index (χ3n) is 4.75. The number of anilines is 1. The second-order valence-electron chi connectivity index (χ2n) is 6.55. The van der Waals surface area contributed by atoms with Gasteiger partial charge in [0.15, 0.2) is 0 Å². The summed E-state index contributed by atoms with van der Waals surface area (Å²) in [6.07, 6.45) is 3.26. The molecule has 1 aliphatic rings. The third-order valence-corrected chi connectivity index (χ3v) is 8.35. The number of halogens is 1. The molecule has 7 nitrogen and oxygen atoms in total. The maximum Gasteiger partial charge on any atom is 0.261 e. The first-order valence-corrected chi connectivity index (χ1v) is 12.0. The number of nitrogens with zero attached hydrogens (tertiary/aromatic N) is 1. The number of aromatic nitrogens is 1. The molecule has 4 rings (SSSR count). The average Bonchev–Trinajstić information content (AvgIpc) is 3.33. The van der Waals surface area contributed by atoms with Gasteiger partial charge >= 0.3 is 0 Å². The molecule has 1 aliphatic heterocycles. The number of sulfonamides is 2. The van der Waals surface area contributed by atoms with Gasteiger partial charge in [0.05, 0.1) is 26.0 Å². The summed E-state index contributed by atoms with van der Waals surface area (Å²) in [7, 11) is -7.49. The molecule has 2 heterocycles. The zero-order valence-electron chi connectivity index (χ0n) is 14.7. The molecule has 148 valence electrons. The van der Waals surface area contributed by atoms with Crippen molar-refractivity contribution in [1.82, 2.24) is 9.29 Å². The molecule has 0 saturated carbocycles. The van der Waals surface area contributed by atoms with Gasteiger partial charge in [0, 0.05) is 24.7 Å². The Balaban J connectivity index is 1.63. The first-order chi connectivity index (χ1) is 13.3. The van der Waals surface area contributed by atoms with Crippen molar-refractivity contribution in [3.63, 3.8) is 0 Å². The number of aromatic amines is 1. The number of hydrogen-bond donors (Lipinski definition) is 2. The van der Waals surface area contributed by atoms with Crippen molar-refractivity contribution < 1.29 is 16.8 Å². The van der Waals surface area contributed by atoms with E-state index in [2.05, 4.69) is 9.71 Å². The Morgan fingerprint density at radius 2 is 1.57 bits per heavy atom. The third kappa shape index (κ3) is 3.39. The van der Waals surface area contributed by atoms with Crippen molar-refractivity contribution in [2.75, 3.05) is 17.8 Å². The summed E-state index contributed by atoms with van der Waals surface area (Å²) in [6.45, 7) is 0.985. The Morgan fingerprint density at radius 1 is 0.929 bits per heavy atom. The fourth-order valence-electron chi connectivity index (χ4n) is 3.28. The Kier molecular flexibility index (Phi) is 4.86. The Bertz CT molecular complexity index is 1230. The van der Waals surface area contributed by atoms with E-state index in [9.17, 15) is 16.8 Å². The first-order valence-electron chi connectivity index (χ1n) is 8.68. The standard InChI is InChI=1S/C18H18ClN3O4S2/c19-16-12-20-18-15(16)4-3-5-17(18)21-27(23,24)13-6-8-14(9-7-13)28(25,26)22-10-1-2-11-22/h3-9,12,20-21H,1-2,10-11H2. The van der Waals surface area contributed by atoms with Crippen molar-refractivity contribution in [1.29, 1.82) is 0 Å². The molecule has 0 amide bonds. The smallest absolute Gasteiger partial charge is 0.261 e. The molecule has 0 radical (unpaired) electrons. The van der Waals surface area contributed by atoms with Gasteiger partial charge in [0.25, 0.3) is 10.0 Å². The Labute approximate surface area is 168 Å². The van der Waals surface area contributed by atoms with Crippen LogP contribution in [0.25, 0.3) is 10.9 Å². The van der Waals surface area contributed by atoms with E-state index in [1.54, 1.807) is 24.4 Å². The van der Waals surface area contributed by atoms with Crippen LogP contribution in [0.5, 0.6) is 0 Å². The lowest BCUT2D eigenvalue weighted by Crippen LogP contribution is -2.27. The van der Waals surface area contributed by atoms with Crippen LogP contribution < -0.4 is 4.72 Å². The molecular weight excluding hydrogens is 422 g/mol. The molecule has 1 saturated heterocycles. The van der Waals surface area contributed by atoms with Crippen LogP contribution in [0.2, 0.25) is 5.02 Å². The number of para-hydroxylation sites is 1. The van der Waals surface area contributed by atoms with Gasteiger partial charge < -0.3 is 4.98 Å². The maximum absolute atomic E-state index is 12.8. The highest BCUT2D eigenvalue weighted by Gasteiger charge is 2.27. The molecule has 3 aromatic rings. The van der Waals surface area contributed by atoms with Gasteiger partial charge in [-0.3, -0.25) is 4.72 Å². The van der Waals surface area contributed by atoms with E-state index < -0.39 is 20.0 Å². The quantitative estimate of drug-likeness (QED) is 0.636. The highest BCUT2D eigenvalue weighted by Crippen LogP contribution is 2.30. The van der Waals surface area contributed by atoms with E-state index in [1.807, 2.05) is 0 Å². The largest absolute Gasteiger partial charge is 0.358 e. The monoisotopic (exact) mass is 439 g/mol. The van der Waals surface area contributed by atoms with Gasteiger partial charge in [0.1, 0.15) is 0 Å². The topological polar surface area (TPSA) is 99.3 Å². The molecule has 0 spiro atoms. The van der Waals surface area contributed by atoms with E-state index in [0.29, 0.717) is 34.7 Å².